The summed E-state index contributed by atoms with van der Waals surface area (Å²) >= 11 is 1.91. The van der Waals surface area contributed by atoms with E-state index in [0.29, 0.717) is 12.0 Å². The van der Waals surface area contributed by atoms with Crippen molar-refractivity contribution in [2.75, 3.05) is 0 Å². The van der Waals surface area contributed by atoms with Crippen LogP contribution in [0.15, 0.2) is 12.1 Å². The molecule has 0 radical (unpaired) electrons. The van der Waals surface area contributed by atoms with Crippen LogP contribution >= 0.6 is 11.3 Å². The first-order valence-electron chi connectivity index (χ1n) is 4.91. The van der Waals surface area contributed by atoms with Gasteiger partial charge in [0.05, 0.1) is 0 Å². The Morgan fingerprint density at radius 3 is 2.46 bits per heavy atom. The van der Waals surface area contributed by atoms with E-state index in [2.05, 4.69) is 32.9 Å². The summed E-state index contributed by atoms with van der Waals surface area (Å²) in [5.41, 5.74) is 5.73. The van der Waals surface area contributed by atoms with Crippen molar-refractivity contribution in [1.29, 1.82) is 0 Å². The van der Waals surface area contributed by atoms with Crippen LogP contribution in [0.5, 0.6) is 0 Å². The smallest absolute Gasteiger partial charge is 0.00762 e. The Balaban J connectivity index is 2.44. The summed E-state index contributed by atoms with van der Waals surface area (Å²) in [5, 5.41) is 0. The molecule has 0 aromatic carbocycles. The highest BCUT2D eigenvalue weighted by molar-refractivity contribution is 7.12. The van der Waals surface area contributed by atoms with Gasteiger partial charge in [0.25, 0.3) is 0 Å². The van der Waals surface area contributed by atoms with Crippen molar-refractivity contribution >= 4 is 11.3 Å². The minimum atomic E-state index is 0.337. The third-order valence-electron chi connectivity index (χ3n) is 2.30. The van der Waals surface area contributed by atoms with Crippen LogP contribution in [0.3, 0.4) is 0 Å². The molecule has 1 rings (SSSR count). The third-order valence-corrected chi connectivity index (χ3v) is 3.53. The van der Waals surface area contributed by atoms with Crippen molar-refractivity contribution in [2.45, 2.75) is 45.6 Å². The second-order valence-corrected chi connectivity index (χ2v) is 5.22. The number of hydrogen-bond donors (Lipinski definition) is 1. The largest absolute Gasteiger partial charge is 0.328 e. The lowest BCUT2D eigenvalue weighted by molar-refractivity contribution is 0.573. The first-order chi connectivity index (χ1) is 6.09. The van der Waals surface area contributed by atoms with Crippen LogP contribution in [0.4, 0.5) is 0 Å². The second kappa shape index (κ2) is 4.77. The fourth-order valence-corrected chi connectivity index (χ4v) is 2.34. The lowest BCUT2D eigenvalue weighted by atomic mass is 10.0. The van der Waals surface area contributed by atoms with Crippen LogP contribution in [0.2, 0.25) is 0 Å². The molecule has 0 aliphatic rings. The monoisotopic (exact) mass is 197 g/mol. The summed E-state index contributed by atoms with van der Waals surface area (Å²) in [7, 11) is 0. The average molecular weight is 197 g/mol. The third kappa shape index (κ3) is 3.49. The lowest BCUT2D eigenvalue weighted by Crippen LogP contribution is -2.15. The van der Waals surface area contributed by atoms with E-state index in [1.54, 1.807) is 0 Å². The van der Waals surface area contributed by atoms with Crippen molar-refractivity contribution in [3.05, 3.63) is 21.9 Å². The quantitative estimate of drug-likeness (QED) is 0.787. The fraction of sp³-hybridized carbons (Fsp3) is 0.636. The van der Waals surface area contributed by atoms with Crippen LogP contribution in [-0.4, -0.2) is 6.04 Å². The number of rotatable bonds is 4. The zero-order valence-corrected chi connectivity index (χ0v) is 9.53. The predicted octanol–water partition coefficient (Wildman–Crippen LogP) is 3.29. The van der Waals surface area contributed by atoms with E-state index in [4.69, 9.17) is 5.73 Å². The first kappa shape index (κ1) is 10.7. The SMILES string of the molecule is Cc1ccc(C(C)CCC(C)N)s1. The van der Waals surface area contributed by atoms with Crippen LogP contribution in [0.1, 0.15) is 42.4 Å². The van der Waals surface area contributed by atoms with E-state index in [1.165, 1.54) is 16.2 Å². The van der Waals surface area contributed by atoms with Gasteiger partial charge in [-0.1, -0.05) is 6.92 Å². The van der Waals surface area contributed by atoms with E-state index in [-0.39, 0.29) is 0 Å². The van der Waals surface area contributed by atoms with Crippen molar-refractivity contribution in [3.63, 3.8) is 0 Å². The first-order valence-corrected chi connectivity index (χ1v) is 5.73. The summed E-state index contributed by atoms with van der Waals surface area (Å²) in [6.45, 7) is 6.52. The van der Waals surface area contributed by atoms with Crippen molar-refractivity contribution in [2.24, 2.45) is 5.73 Å². The Labute approximate surface area is 85.0 Å². The van der Waals surface area contributed by atoms with Crippen molar-refractivity contribution < 1.29 is 0 Å². The average Bonchev–Trinajstić information content (AvgIpc) is 2.47. The normalized spacial score (nSPS) is 15.7. The number of nitrogens with two attached hydrogens (primary N) is 1. The molecule has 0 aliphatic heterocycles. The number of aryl methyl sites for hydroxylation is 1. The minimum absolute atomic E-state index is 0.337. The van der Waals surface area contributed by atoms with Crippen LogP contribution in [-0.2, 0) is 0 Å². The molecule has 0 spiro atoms. The van der Waals surface area contributed by atoms with E-state index >= 15 is 0 Å². The molecular formula is C11H19NS. The summed E-state index contributed by atoms with van der Waals surface area (Å²) in [6.07, 6.45) is 2.33. The zero-order chi connectivity index (χ0) is 9.84. The van der Waals surface area contributed by atoms with Gasteiger partial charge in [0.1, 0.15) is 0 Å². The molecule has 2 unspecified atom stereocenters. The molecule has 0 saturated carbocycles. The zero-order valence-electron chi connectivity index (χ0n) is 8.71. The van der Waals surface area contributed by atoms with Gasteiger partial charge < -0.3 is 5.73 Å². The minimum Gasteiger partial charge on any atom is -0.328 e. The second-order valence-electron chi connectivity index (χ2n) is 3.90. The van der Waals surface area contributed by atoms with E-state index in [9.17, 15) is 0 Å². The number of thiophene rings is 1. The number of hydrogen-bond acceptors (Lipinski definition) is 2. The van der Waals surface area contributed by atoms with Crippen LogP contribution in [0.25, 0.3) is 0 Å². The van der Waals surface area contributed by atoms with Gasteiger partial charge in [-0.25, -0.2) is 0 Å². The van der Waals surface area contributed by atoms with E-state index in [0.717, 1.165) is 6.42 Å². The van der Waals surface area contributed by atoms with Gasteiger partial charge in [-0.05, 0) is 44.7 Å². The molecular weight excluding hydrogens is 178 g/mol. The predicted molar refractivity (Wildman–Crippen MR) is 60.4 cm³/mol. The molecule has 2 heteroatoms. The highest BCUT2D eigenvalue weighted by atomic mass is 32.1. The maximum atomic E-state index is 5.73. The van der Waals surface area contributed by atoms with E-state index in [1.807, 2.05) is 11.3 Å². The summed E-state index contributed by atoms with van der Waals surface area (Å²) in [5.74, 6) is 0.671. The Bertz CT molecular complexity index is 252. The van der Waals surface area contributed by atoms with Gasteiger partial charge in [0.2, 0.25) is 0 Å². The molecule has 1 nitrogen and oxygen atoms in total. The van der Waals surface area contributed by atoms with Gasteiger partial charge in [-0.3, -0.25) is 0 Å². The molecule has 1 aromatic heterocycles. The topological polar surface area (TPSA) is 26.0 Å². The standard InChI is InChI=1S/C11H19NS/c1-8(4-5-9(2)12)11-7-6-10(3)13-11/h6-9H,4-5,12H2,1-3H3. The molecule has 1 aromatic rings. The fourth-order valence-electron chi connectivity index (χ4n) is 1.37. The van der Waals surface area contributed by atoms with Gasteiger partial charge in [0.15, 0.2) is 0 Å². The van der Waals surface area contributed by atoms with Gasteiger partial charge >= 0.3 is 0 Å². The Kier molecular flexibility index (Phi) is 3.94. The van der Waals surface area contributed by atoms with Gasteiger partial charge in [-0.15, -0.1) is 11.3 Å². The summed E-state index contributed by atoms with van der Waals surface area (Å²) < 4.78 is 0. The molecule has 0 saturated heterocycles. The highest BCUT2D eigenvalue weighted by Crippen LogP contribution is 2.27. The Hall–Kier alpha value is -0.340. The lowest BCUT2D eigenvalue weighted by Gasteiger charge is -2.10. The Morgan fingerprint density at radius 2 is 2.00 bits per heavy atom. The Morgan fingerprint density at radius 1 is 1.31 bits per heavy atom. The molecule has 0 bridgehead atoms. The maximum Gasteiger partial charge on any atom is 0.00762 e. The van der Waals surface area contributed by atoms with Gasteiger partial charge in [0, 0.05) is 15.8 Å². The van der Waals surface area contributed by atoms with Crippen LogP contribution in [0, 0.1) is 6.92 Å². The maximum absolute atomic E-state index is 5.73. The molecule has 2 N–H and O–H groups in total. The van der Waals surface area contributed by atoms with Crippen molar-refractivity contribution in [1.82, 2.24) is 0 Å². The van der Waals surface area contributed by atoms with E-state index < -0.39 is 0 Å². The molecule has 13 heavy (non-hydrogen) atoms. The summed E-state index contributed by atoms with van der Waals surface area (Å²) in [4.78, 5) is 2.90. The molecule has 1 heterocycles. The molecule has 0 fully saturated rings. The van der Waals surface area contributed by atoms with Crippen LogP contribution < -0.4 is 5.73 Å². The highest BCUT2D eigenvalue weighted by Gasteiger charge is 2.08. The van der Waals surface area contributed by atoms with Gasteiger partial charge in [-0.2, -0.15) is 0 Å². The molecule has 0 aliphatic carbocycles. The summed E-state index contributed by atoms with van der Waals surface area (Å²) in [6, 6.07) is 4.78. The molecule has 0 amide bonds. The molecule has 2 atom stereocenters. The van der Waals surface area contributed by atoms with Crippen molar-refractivity contribution in [3.8, 4) is 0 Å². The molecule has 74 valence electrons.